The third-order valence-electron chi connectivity index (χ3n) is 12.7. The van der Waals surface area contributed by atoms with Crippen LogP contribution >= 0.6 is 0 Å². The number of carbonyl (C=O) groups is 9. The number of nitrogens with one attached hydrogen (secondary N) is 2. The first-order valence-electron chi connectivity index (χ1n) is 23.9. The Morgan fingerprint density at radius 3 is 1.37 bits per heavy atom. The molecular formula is C48H85N7O13. The minimum atomic E-state index is -1.69. The van der Waals surface area contributed by atoms with Gasteiger partial charge in [-0.3, -0.25) is 33.6 Å². The van der Waals surface area contributed by atoms with Crippen LogP contribution in [-0.4, -0.2) is 190 Å². The Labute approximate surface area is 404 Å². The molecule has 390 valence electrons. The first-order valence-corrected chi connectivity index (χ1v) is 23.9. The van der Waals surface area contributed by atoms with Gasteiger partial charge in [-0.2, -0.15) is 0 Å². The number of hydrogen-bond acceptors (Lipinski definition) is 13. The third kappa shape index (κ3) is 15.6. The van der Waals surface area contributed by atoms with Crippen molar-refractivity contribution in [3.05, 3.63) is 0 Å². The fourth-order valence-electron chi connectivity index (χ4n) is 8.27. The molecule has 0 saturated carbocycles. The Kier molecular flexibility index (Phi) is 24.1. The van der Waals surface area contributed by atoms with Crippen LogP contribution in [0.4, 0.5) is 0 Å². The number of carbonyl (C=O) groups excluding carboxylic acids is 9. The number of hydrogen-bond donors (Lipinski definition) is 4. The second-order valence-corrected chi connectivity index (χ2v) is 20.4. The number of ether oxygens (including phenoxy) is 2. The Bertz CT molecular complexity index is 1770. The average molecular weight is 968 g/mol. The van der Waals surface area contributed by atoms with E-state index >= 15 is 0 Å². The zero-order valence-electron chi connectivity index (χ0n) is 44.2. The largest absolute Gasteiger partial charge is 0.450 e. The van der Waals surface area contributed by atoms with Crippen molar-refractivity contribution in [1.29, 1.82) is 0 Å². The smallest absolute Gasteiger partial charge is 0.331 e. The highest BCUT2D eigenvalue weighted by molar-refractivity contribution is 5.98. The molecule has 7 amide bonds. The maximum Gasteiger partial charge on any atom is 0.331 e. The van der Waals surface area contributed by atoms with Gasteiger partial charge in [0.05, 0.1) is 12.7 Å². The molecule has 1 aliphatic heterocycles. The molecule has 0 aliphatic carbocycles. The van der Waals surface area contributed by atoms with Crippen LogP contribution < -0.4 is 10.6 Å². The molecule has 1 fully saturated rings. The fourth-order valence-corrected chi connectivity index (χ4v) is 8.27. The Hall–Kier alpha value is -4.85. The van der Waals surface area contributed by atoms with E-state index in [9.17, 15) is 53.4 Å². The minimum absolute atomic E-state index is 0.0926. The van der Waals surface area contributed by atoms with Gasteiger partial charge in [0.25, 0.3) is 11.8 Å². The van der Waals surface area contributed by atoms with Crippen molar-refractivity contribution in [3.8, 4) is 0 Å². The average Bonchev–Trinajstić information content (AvgIpc) is 3.24. The topological polar surface area (TPSA) is 253 Å². The van der Waals surface area contributed by atoms with Crippen molar-refractivity contribution < 1.29 is 62.8 Å². The number of likely N-dealkylation sites (N-methyl/N-ethyl adjacent to an activating group) is 5. The van der Waals surface area contributed by atoms with Crippen LogP contribution in [-0.2, 0) is 52.6 Å². The number of aliphatic hydroxyl groups is 2. The number of amides is 7. The lowest BCUT2D eigenvalue weighted by molar-refractivity contribution is -0.174. The molecule has 0 bridgehead atoms. The molecule has 20 nitrogen and oxygen atoms in total. The van der Waals surface area contributed by atoms with Crippen LogP contribution in [0, 0.1) is 35.5 Å². The standard InChI is InChI=1S/C48H85N7O13/c1-20-29(12)36-44(62)53(17)35(26(6)7)43(61)52(16)34(22-25(4)5)40(58)50-33(23-56)48(66)68-38(27(8)9)45(63)51(15)30(13)47(65)67-39(28(10)11)46(64)55(19)37(31(14)57)41(59)49-32(21-24(2)3)42(60)54(36)18/h24-39,56-57H,20-23H2,1-19H3,(H,49,59)(H,50,58). The summed E-state index contributed by atoms with van der Waals surface area (Å²) in [6.45, 7) is 22.4. The molecule has 1 saturated heterocycles. The van der Waals surface area contributed by atoms with Gasteiger partial charge >= 0.3 is 11.9 Å². The van der Waals surface area contributed by atoms with Gasteiger partial charge in [0, 0.05) is 35.2 Å². The van der Waals surface area contributed by atoms with Crippen molar-refractivity contribution in [2.24, 2.45) is 35.5 Å². The van der Waals surface area contributed by atoms with Crippen LogP contribution in [0.15, 0.2) is 0 Å². The van der Waals surface area contributed by atoms with Gasteiger partial charge in [-0.15, -0.1) is 0 Å². The molecule has 0 aromatic heterocycles. The summed E-state index contributed by atoms with van der Waals surface area (Å²) in [6, 6.07) is -9.46. The Balaban J connectivity index is 4.21. The van der Waals surface area contributed by atoms with E-state index in [4.69, 9.17) is 9.47 Å². The van der Waals surface area contributed by atoms with Gasteiger partial charge in [-0.1, -0.05) is 89.5 Å². The highest BCUT2D eigenvalue weighted by atomic mass is 16.6. The molecule has 0 aromatic rings. The minimum Gasteiger partial charge on any atom is -0.450 e. The normalized spacial score (nSPS) is 28.1. The second-order valence-electron chi connectivity index (χ2n) is 20.4. The quantitative estimate of drug-likeness (QED) is 0.214. The van der Waals surface area contributed by atoms with Gasteiger partial charge in [0.2, 0.25) is 29.5 Å². The molecule has 0 aromatic carbocycles. The van der Waals surface area contributed by atoms with Crippen LogP contribution in [0.2, 0.25) is 0 Å². The zero-order valence-corrected chi connectivity index (χ0v) is 44.2. The zero-order chi connectivity index (χ0) is 53.0. The molecule has 0 spiro atoms. The van der Waals surface area contributed by atoms with Gasteiger partial charge in [-0.25, -0.2) is 9.59 Å². The summed E-state index contributed by atoms with van der Waals surface area (Å²) in [6.07, 6.45) is -3.95. The third-order valence-corrected chi connectivity index (χ3v) is 12.7. The molecule has 68 heavy (non-hydrogen) atoms. The van der Waals surface area contributed by atoms with E-state index in [1.165, 1.54) is 63.8 Å². The van der Waals surface area contributed by atoms with Gasteiger partial charge in [0.15, 0.2) is 18.2 Å². The summed E-state index contributed by atoms with van der Waals surface area (Å²) in [5, 5.41) is 26.6. The number of nitrogens with zero attached hydrogens (tertiary/aromatic N) is 5. The van der Waals surface area contributed by atoms with E-state index in [0.29, 0.717) is 6.42 Å². The maximum atomic E-state index is 14.8. The van der Waals surface area contributed by atoms with Gasteiger partial charge in [0.1, 0.15) is 36.3 Å². The van der Waals surface area contributed by atoms with Crippen LogP contribution in [0.1, 0.15) is 116 Å². The summed E-state index contributed by atoms with van der Waals surface area (Å²) >= 11 is 0. The van der Waals surface area contributed by atoms with Crippen molar-refractivity contribution in [2.75, 3.05) is 41.8 Å². The Morgan fingerprint density at radius 1 is 0.515 bits per heavy atom. The lowest BCUT2D eigenvalue weighted by Gasteiger charge is -2.41. The van der Waals surface area contributed by atoms with Crippen LogP contribution in [0.3, 0.4) is 0 Å². The summed E-state index contributed by atoms with van der Waals surface area (Å²) in [7, 11) is 6.79. The van der Waals surface area contributed by atoms with E-state index in [-0.39, 0.29) is 24.7 Å². The van der Waals surface area contributed by atoms with Gasteiger partial charge < -0.3 is 54.8 Å². The second kappa shape index (κ2) is 26.8. The van der Waals surface area contributed by atoms with Crippen LogP contribution in [0.25, 0.3) is 0 Å². The number of cyclic esters (lactones) is 2. The van der Waals surface area contributed by atoms with E-state index in [1.54, 1.807) is 48.5 Å². The number of rotatable bonds is 11. The highest BCUT2D eigenvalue weighted by Gasteiger charge is 2.45. The van der Waals surface area contributed by atoms with E-state index < -0.39 is 144 Å². The fraction of sp³-hybridized carbons (Fsp3) is 0.812. The van der Waals surface area contributed by atoms with Crippen molar-refractivity contribution in [3.63, 3.8) is 0 Å². The molecule has 0 radical (unpaired) electrons. The number of esters is 2. The molecule has 11 unspecified atom stereocenters. The molecule has 20 heteroatoms. The molecule has 1 rings (SSSR count). The number of aliphatic hydroxyl groups excluding tert-OH is 2. The summed E-state index contributed by atoms with van der Waals surface area (Å²) < 4.78 is 11.3. The van der Waals surface area contributed by atoms with Crippen molar-refractivity contribution in [1.82, 2.24) is 35.1 Å². The Morgan fingerprint density at radius 2 is 0.941 bits per heavy atom. The lowest BCUT2D eigenvalue weighted by atomic mass is 9.92. The molecular weight excluding hydrogens is 883 g/mol. The summed E-state index contributed by atoms with van der Waals surface area (Å²) in [4.78, 5) is 134. The molecule has 1 heterocycles. The summed E-state index contributed by atoms with van der Waals surface area (Å²) in [5.74, 6) is -10.2. The van der Waals surface area contributed by atoms with E-state index in [2.05, 4.69) is 10.6 Å². The van der Waals surface area contributed by atoms with E-state index in [0.717, 1.165) is 9.80 Å². The molecule has 11 atom stereocenters. The predicted octanol–water partition coefficient (Wildman–Crippen LogP) is 1.43. The predicted molar refractivity (Wildman–Crippen MR) is 254 cm³/mol. The van der Waals surface area contributed by atoms with Crippen molar-refractivity contribution >= 4 is 53.3 Å². The molecule has 4 N–H and O–H groups in total. The maximum absolute atomic E-state index is 14.8. The first kappa shape index (κ1) is 61.2. The van der Waals surface area contributed by atoms with E-state index in [1.807, 2.05) is 34.6 Å². The monoisotopic (exact) mass is 968 g/mol. The summed E-state index contributed by atoms with van der Waals surface area (Å²) in [5.41, 5.74) is 0. The van der Waals surface area contributed by atoms with Crippen LogP contribution in [0.5, 0.6) is 0 Å². The van der Waals surface area contributed by atoms with Crippen molar-refractivity contribution in [2.45, 2.75) is 177 Å². The van der Waals surface area contributed by atoms with Gasteiger partial charge in [-0.05, 0) is 62.2 Å². The lowest BCUT2D eigenvalue weighted by Crippen LogP contribution is -2.63. The highest BCUT2D eigenvalue weighted by Crippen LogP contribution is 2.25. The molecule has 1 aliphatic rings. The first-order chi connectivity index (χ1) is 31.3. The SMILES string of the molecule is CCC(C)C1C(=O)N(C)C(C(C)C)C(=O)N(C)C(CC(C)C)C(=O)NC(CO)C(=O)OC(C(C)C)C(=O)N(C)C(C)C(=O)OC(C(C)C)C(=O)N(C)C(C(C)O)C(=O)NC(CC(C)C)C(=O)N1C.